The van der Waals surface area contributed by atoms with Crippen LogP contribution in [-0.4, -0.2) is 53.3 Å². The Labute approximate surface area is 182 Å². The summed E-state index contributed by atoms with van der Waals surface area (Å²) >= 11 is 0. The zero-order valence-corrected chi connectivity index (χ0v) is 18.4. The minimum Gasteiger partial charge on any atom is -0.497 e. The third-order valence-corrected chi connectivity index (χ3v) is 6.69. The van der Waals surface area contributed by atoms with E-state index in [9.17, 15) is 14.7 Å². The summed E-state index contributed by atoms with van der Waals surface area (Å²) < 4.78 is 7.06. The van der Waals surface area contributed by atoms with Crippen LogP contribution in [0.25, 0.3) is 11.1 Å². The number of carbonyl (C=O) groups excluding carboxylic acids is 1. The molecule has 0 aliphatic carbocycles. The third-order valence-electron chi connectivity index (χ3n) is 6.69. The number of hydrogen-bond acceptors (Lipinski definition) is 5. The number of amides is 1. The second-order valence-corrected chi connectivity index (χ2v) is 8.35. The van der Waals surface area contributed by atoms with Gasteiger partial charge in [-0.3, -0.25) is 14.5 Å². The second-order valence-electron chi connectivity index (χ2n) is 8.35. The Morgan fingerprint density at radius 3 is 2.55 bits per heavy atom. The number of carbonyl (C=O) groups is 1. The summed E-state index contributed by atoms with van der Waals surface area (Å²) in [5, 5.41) is 13.1. The van der Waals surface area contributed by atoms with Crippen LogP contribution in [0.2, 0.25) is 0 Å². The number of fused-ring (bicyclic) bond motifs is 3. The molecule has 0 bridgehead atoms. The average molecular weight is 426 g/mol. The van der Waals surface area contributed by atoms with Crippen LogP contribution in [-0.2, 0) is 11.3 Å². The van der Waals surface area contributed by atoms with Crippen molar-refractivity contribution >= 4 is 5.91 Å². The molecule has 1 amide bonds. The van der Waals surface area contributed by atoms with E-state index in [1.54, 1.807) is 7.11 Å². The molecular formula is C24H31N3O4. The van der Waals surface area contributed by atoms with Gasteiger partial charge in [0, 0.05) is 42.8 Å². The maximum Gasteiger partial charge on any atom is 0.258 e. The Balaban J connectivity index is 1.74. The molecule has 7 heteroatoms. The molecule has 0 radical (unpaired) electrons. The molecule has 1 fully saturated rings. The van der Waals surface area contributed by atoms with Crippen LogP contribution in [0.15, 0.2) is 41.2 Å². The lowest BCUT2D eigenvalue weighted by atomic mass is 9.88. The van der Waals surface area contributed by atoms with Crippen LogP contribution >= 0.6 is 0 Å². The fourth-order valence-corrected chi connectivity index (χ4v) is 5.39. The van der Waals surface area contributed by atoms with Gasteiger partial charge in [0.1, 0.15) is 5.75 Å². The van der Waals surface area contributed by atoms with Gasteiger partial charge in [-0.25, -0.2) is 0 Å². The topological polar surface area (TPSA) is 83.8 Å². The van der Waals surface area contributed by atoms with E-state index in [4.69, 9.17) is 4.74 Å². The zero-order valence-electron chi connectivity index (χ0n) is 18.4. The SMILES string of the molecule is CCCN1[C@@H]2c3ccc(-c4ccc(OC)cc4)c(=O)n3C[C@@H]2[C@@H](CO)[C@@H]1C(=O)NCC. The molecule has 0 spiro atoms. The first-order valence-corrected chi connectivity index (χ1v) is 11.1. The number of nitrogens with zero attached hydrogens (tertiary/aromatic N) is 2. The van der Waals surface area contributed by atoms with Crippen LogP contribution in [0.5, 0.6) is 5.75 Å². The molecule has 4 atom stereocenters. The molecule has 2 aromatic rings. The Bertz CT molecular complexity index is 1000. The van der Waals surface area contributed by atoms with Gasteiger partial charge in [-0.2, -0.15) is 0 Å². The van der Waals surface area contributed by atoms with Crippen molar-refractivity contribution < 1.29 is 14.6 Å². The normalized spacial score (nSPS) is 24.6. The number of ether oxygens (including phenoxy) is 1. The van der Waals surface area contributed by atoms with Gasteiger partial charge in [0.15, 0.2) is 0 Å². The molecule has 1 aromatic heterocycles. The molecular weight excluding hydrogens is 394 g/mol. The zero-order chi connectivity index (χ0) is 22.1. The average Bonchev–Trinajstić information content (AvgIpc) is 3.30. The van der Waals surface area contributed by atoms with E-state index in [-0.39, 0.29) is 42.0 Å². The molecule has 31 heavy (non-hydrogen) atoms. The Hall–Kier alpha value is -2.64. The molecule has 4 rings (SSSR count). The van der Waals surface area contributed by atoms with Crippen LogP contribution in [0.1, 0.15) is 32.0 Å². The van der Waals surface area contributed by atoms with Crippen LogP contribution in [0.4, 0.5) is 0 Å². The van der Waals surface area contributed by atoms with Gasteiger partial charge in [-0.05, 0) is 49.7 Å². The lowest BCUT2D eigenvalue weighted by molar-refractivity contribution is -0.127. The van der Waals surface area contributed by atoms with Crippen LogP contribution in [0.3, 0.4) is 0 Å². The number of methoxy groups -OCH3 is 1. The van der Waals surface area contributed by atoms with Gasteiger partial charge >= 0.3 is 0 Å². The first-order chi connectivity index (χ1) is 15.0. The van der Waals surface area contributed by atoms with Gasteiger partial charge in [0.05, 0.1) is 19.2 Å². The summed E-state index contributed by atoms with van der Waals surface area (Å²) in [4.78, 5) is 28.5. The largest absolute Gasteiger partial charge is 0.497 e. The molecule has 1 aromatic carbocycles. The van der Waals surface area contributed by atoms with Crippen molar-refractivity contribution in [3.05, 3.63) is 52.4 Å². The molecule has 0 unspecified atom stereocenters. The first-order valence-electron chi connectivity index (χ1n) is 11.1. The van der Waals surface area contributed by atoms with Crippen LogP contribution in [0, 0.1) is 11.8 Å². The smallest absolute Gasteiger partial charge is 0.258 e. The van der Waals surface area contributed by atoms with Gasteiger partial charge in [-0.1, -0.05) is 19.1 Å². The summed E-state index contributed by atoms with van der Waals surface area (Å²) in [5.41, 5.74) is 2.41. The second kappa shape index (κ2) is 8.85. The van der Waals surface area contributed by atoms with E-state index >= 15 is 0 Å². The molecule has 2 N–H and O–H groups in total. The number of likely N-dealkylation sites (N-methyl/N-ethyl adjacent to an activating group) is 1. The van der Waals surface area contributed by atoms with E-state index in [0.29, 0.717) is 18.7 Å². The molecule has 166 valence electrons. The van der Waals surface area contributed by atoms with Gasteiger partial charge < -0.3 is 19.7 Å². The van der Waals surface area contributed by atoms with Crippen molar-refractivity contribution in [2.45, 2.75) is 38.9 Å². The highest BCUT2D eigenvalue weighted by atomic mass is 16.5. The molecule has 2 aliphatic rings. The summed E-state index contributed by atoms with van der Waals surface area (Å²) in [6, 6.07) is 11.0. The summed E-state index contributed by atoms with van der Waals surface area (Å²) in [5.74, 6) is 0.542. The van der Waals surface area contributed by atoms with Gasteiger partial charge in [0.25, 0.3) is 5.56 Å². The lowest BCUT2D eigenvalue weighted by Crippen LogP contribution is -2.48. The number of aromatic nitrogens is 1. The summed E-state index contributed by atoms with van der Waals surface area (Å²) in [7, 11) is 1.62. The number of benzene rings is 1. The number of nitrogens with one attached hydrogen (secondary N) is 1. The van der Waals surface area contributed by atoms with E-state index in [0.717, 1.165) is 30.0 Å². The monoisotopic (exact) mass is 425 g/mol. The minimum absolute atomic E-state index is 0.0280. The van der Waals surface area contributed by atoms with Crippen molar-refractivity contribution in [3.63, 3.8) is 0 Å². The first kappa shape index (κ1) is 21.6. The highest BCUT2D eigenvalue weighted by Crippen LogP contribution is 2.49. The summed E-state index contributed by atoms with van der Waals surface area (Å²) in [6.07, 6.45) is 0.894. The van der Waals surface area contributed by atoms with Crippen molar-refractivity contribution in [2.24, 2.45) is 11.8 Å². The third kappa shape index (κ3) is 3.55. The lowest BCUT2D eigenvalue weighted by Gasteiger charge is -2.30. The molecule has 2 aliphatic heterocycles. The molecule has 1 saturated heterocycles. The number of likely N-dealkylation sites (tertiary alicyclic amines) is 1. The van der Waals surface area contributed by atoms with E-state index in [2.05, 4.69) is 17.1 Å². The number of pyridine rings is 1. The fraction of sp³-hybridized carbons (Fsp3) is 0.500. The quantitative estimate of drug-likeness (QED) is 0.709. The predicted molar refractivity (Wildman–Crippen MR) is 119 cm³/mol. The molecule has 3 heterocycles. The predicted octanol–water partition coefficient (Wildman–Crippen LogP) is 2.03. The van der Waals surface area contributed by atoms with E-state index < -0.39 is 0 Å². The summed E-state index contributed by atoms with van der Waals surface area (Å²) in [6.45, 7) is 5.74. The van der Waals surface area contributed by atoms with Crippen molar-refractivity contribution in [1.82, 2.24) is 14.8 Å². The Morgan fingerprint density at radius 1 is 1.19 bits per heavy atom. The van der Waals surface area contributed by atoms with Gasteiger partial charge in [0.2, 0.25) is 5.91 Å². The Morgan fingerprint density at radius 2 is 1.94 bits per heavy atom. The highest BCUT2D eigenvalue weighted by Gasteiger charge is 2.55. The maximum absolute atomic E-state index is 13.4. The van der Waals surface area contributed by atoms with Crippen LogP contribution < -0.4 is 15.6 Å². The minimum atomic E-state index is -0.370. The molecule has 0 saturated carbocycles. The maximum atomic E-state index is 13.4. The number of aliphatic hydroxyl groups is 1. The molecule has 7 nitrogen and oxygen atoms in total. The Kier molecular flexibility index (Phi) is 6.16. The number of aliphatic hydroxyl groups excluding tert-OH is 1. The van der Waals surface area contributed by atoms with Crippen molar-refractivity contribution in [2.75, 3.05) is 26.8 Å². The number of rotatable bonds is 7. The number of hydrogen-bond donors (Lipinski definition) is 2. The van der Waals surface area contributed by atoms with Gasteiger partial charge in [-0.15, -0.1) is 0 Å². The van der Waals surface area contributed by atoms with Crippen molar-refractivity contribution in [3.8, 4) is 16.9 Å². The fourth-order valence-electron chi connectivity index (χ4n) is 5.39. The highest BCUT2D eigenvalue weighted by molar-refractivity contribution is 5.82. The standard InChI is InChI=1S/C24H31N3O4/c1-4-12-26-21-18(19(14-28)22(26)23(29)25-5-2)13-27-20(21)11-10-17(24(27)30)15-6-8-16(31-3)9-7-15/h6-11,18-19,21-22,28H,4-5,12-14H2,1-3H3,(H,25,29)/t18-,19-,21+,22-/m1/s1. The van der Waals surface area contributed by atoms with Crippen molar-refractivity contribution in [1.29, 1.82) is 0 Å². The van der Waals surface area contributed by atoms with E-state index in [1.165, 1.54) is 0 Å². The van der Waals surface area contributed by atoms with E-state index in [1.807, 2.05) is 47.9 Å².